The Morgan fingerprint density at radius 3 is 2.48 bits per heavy atom. The molecular formula is C17H13BrN2O4S. The van der Waals surface area contributed by atoms with E-state index in [1.165, 1.54) is 17.4 Å². The van der Waals surface area contributed by atoms with Gasteiger partial charge in [-0.25, -0.2) is 4.79 Å². The van der Waals surface area contributed by atoms with Gasteiger partial charge in [-0.3, -0.25) is 19.8 Å². The molecule has 0 aliphatic carbocycles. The molecule has 0 bridgehead atoms. The van der Waals surface area contributed by atoms with E-state index in [4.69, 9.17) is 4.74 Å². The number of rotatable bonds is 4. The van der Waals surface area contributed by atoms with Crippen molar-refractivity contribution in [3.63, 3.8) is 0 Å². The van der Waals surface area contributed by atoms with Crippen LogP contribution >= 0.6 is 27.3 Å². The number of imide groups is 2. The third-order valence-corrected chi connectivity index (χ3v) is 5.14. The van der Waals surface area contributed by atoms with Gasteiger partial charge in [-0.1, -0.05) is 12.1 Å². The van der Waals surface area contributed by atoms with Crippen LogP contribution in [0.4, 0.5) is 4.79 Å². The molecular weight excluding hydrogens is 408 g/mol. The van der Waals surface area contributed by atoms with Crippen molar-refractivity contribution in [3.05, 3.63) is 56.2 Å². The molecule has 2 heterocycles. The average Bonchev–Trinajstić information content (AvgIpc) is 3.01. The van der Waals surface area contributed by atoms with E-state index < -0.39 is 17.8 Å². The van der Waals surface area contributed by atoms with Crippen LogP contribution in [0.15, 0.2) is 45.8 Å². The second-order valence-electron chi connectivity index (χ2n) is 5.20. The van der Waals surface area contributed by atoms with Crippen molar-refractivity contribution in [2.75, 3.05) is 7.11 Å². The van der Waals surface area contributed by atoms with Crippen molar-refractivity contribution >= 4 is 51.2 Å². The molecule has 0 atom stereocenters. The molecule has 1 N–H and O–H groups in total. The third-order valence-electron chi connectivity index (χ3n) is 3.57. The van der Waals surface area contributed by atoms with E-state index in [2.05, 4.69) is 21.2 Å². The molecule has 25 heavy (non-hydrogen) atoms. The van der Waals surface area contributed by atoms with Gasteiger partial charge in [0, 0.05) is 4.88 Å². The monoisotopic (exact) mass is 420 g/mol. The molecule has 1 saturated heterocycles. The van der Waals surface area contributed by atoms with Crippen molar-refractivity contribution in [1.29, 1.82) is 0 Å². The number of ether oxygens (including phenoxy) is 1. The summed E-state index contributed by atoms with van der Waals surface area (Å²) in [5.41, 5.74) is 0.680. The maximum Gasteiger partial charge on any atom is 0.331 e. The summed E-state index contributed by atoms with van der Waals surface area (Å²) in [6, 6.07) is 9.88. The first-order valence-corrected chi connectivity index (χ1v) is 8.86. The van der Waals surface area contributed by atoms with Crippen molar-refractivity contribution < 1.29 is 19.1 Å². The SMILES string of the molecule is COc1ccc(CN2C(=O)NC(=O)C(=Cc3ccc(Br)s3)C2=O)cc1. The first kappa shape index (κ1) is 17.4. The van der Waals surface area contributed by atoms with Crippen LogP contribution in [-0.4, -0.2) is 29.9 Å². The first-order valence-electron chi connectivity index (χ1n) is 7.25. The number of barbiturate groups is 1. The molecule has 2 aromatic rings. The zero-order chi connectivity index (χ0) is 18.0. The summed E-state index contributed by atoms with van der Waals surface area (Å²) in [4.78, 5) is 38.5. The molecule has 4 amide bonds. The Kier molecular flexibility index (Phi) is 5.00. The number of urea groups is 1. The molecule has 1 aromatic heterocycles. The predicted octanol–water partition coefficient (Wildman–Crippen LogP) is 3.18. The van der Waals surface area contributed by atoms with Gasteiger partial charge < -0.3 is 4.74 Å². The lowest BCUT2D eigenvalue weighted by molar-refractivity contribution is -0.130. The fourth-order valence-corrected chi connectivity index (χ4v) is 3.67. The highest BCUT2D eigenvalue weighted by molar-refractivity contribution is 9.11. The van der Waals surface area contributed by atoms with Gasteiger partial charge in [0.1, 0.15) is 11.3 Å². The Balaban J connectivity index is 1.85. The van der Waals surface area contributed by atoms with E-state index in [1.54, 1.807) is 37.4 Å². The van der Waals surface area contributed by atoms with Crippen molar-refractivity contribution in [1.82, 2.24) is 10.2 Å². The number of thiophene rings is 1. The van der Waals surface area contributed by atoms with Crippen LogP contribution in [0.25, 0.3) is 6.08 Å². The lowest BCUT2D eigenvalue weighted by Crippen LogP contribution is -2.53. The van der Waals surface area contributed by atoms with Crippen LogP contribution in [0, 0.1) is 0 Å². The summed E-state index contributed by atoms with van der Waals surface area (Å²) in [5, 5.41) is 2.21. The predicted molar refractivity (Wildman–Crippen MR) is 97.1 cm³/mol. The number of amides is 4. The standard InChI is InChI=1S/C17H13BrN2O4S/c1-24-11-4-2-10(3-5-11)9-20-16(22)13(15(21)19-17(20)23)8-12-6-7-14(18)25-12/h2-8H,9H2,1H3,(H,19,21,23). The number of nitrogens with one attached hydrogen (secondary N) is 1. The van der Waals surface area contributed by atoms with Crippen LogP contribution in [0.3, 0.4) is 0 Å². The average molecular weight is 421 g/mol. The second kappa shape index (κ2) is 7.20. The summed E-state index contributed by atoms with van der Waals surface area (Å²) < 4.78 is 5.97. The van der Waals surface area contributed by atoms with Gasteiger partial charge in [-0.05, 0) is 51.8 Å². The quantitative estimate of drug-likeness (QED) is 0.608. The highest BCUT2D eigenvalue weighted by Crippen LogP contribution is 2.25. The molecule has 1 aromatic carbocycles. The largest absolute Gasteiger partial charge is 0.497 e. The molecule has 6 nitrogen and oxygen atoms in total. The highest BCUT2D eigenvalue weighted by Gasteiger charge is 2.35. The highest BCUT2D eigenvalue weighted by atomic mass is 79.9. The molecule has 0 saturated carbocycles. The molecule has 3 rings (SSSR count). The van der Waals surface area contributed by atoms with E-state index in [9.17, 15) is 14.4 Å². The Morgan fingerprint density at radius 2 is 1.88 bits per heavy atom. The molecule has 8 heteroatoms. The van der Waals surface area contributed by atoms with Gasteiger partial charge in [-0.15, -0.1) is 11.3 Å². The van der Waals surface area contributed by atoms with Gasteiger partial charge in [0.05, 0.1) is 17.4 Å². The number of methoxy groups -OCH3 is 1. The van der Waals surface area contributed by atoms with Gasteiger partial charge in [-0.2, -0.15) is 0 Å². The maximum atomic E-state index is 12.6. The van der Waals surface area contributed by atoms with E-state index in [1.807, 2.05) is 6.07 Å². The Bertz CT molecular complexity index is 873. The molecule has 0 spiro atoms. The number of nitrogens with zero attached hydrogens (tertiary/aromatic N) is 1. The van der Waals surface area contributed by atoms with Crippen LogP contribution in [0.2, 0.25) is 0 Å². The van der Waals surface area contributed by atoms with E-state index in [-0.39, 0.29) is 12.1 Å². The summed E-state index contributed by atoms with van der Waals surface area (Å²) in [5.74, 6) is -0.628. The first-order chi connectivity index (χ1) is 12.0. The molecule has 0 radical (unpaired) electrons. The summed E-state index contributed by atoms with van der Waals surface area (Å²) in [6.45, 7) is 0.0629. The van der Waals surface area contributed by atoms with E-state index in [0.717, 1.165) is 19.1 Å². The lowest BCUT2D eigenvalue weighted by atomic mass is 10.1. The number of benzene rings is 1. The van der Waals surface area contributed by atoms with Gasteiger partial charge in [0.2, 0.25) is 0 Å². The topological polar surface area (TPSA) is 75.7 Å². The van der Waals surface area contributed by atoms with Crippen LogP contribution in [0.5, 0.6) is 5.75 Å². The van der Waals surface area contributed by atoms with Gasteiger partial charge >= 0.3 is 6.03 Å². The Morgan fingerprint density at radius 1 is 1.16 bits per heavy atom. The van der Waals surface area contributed by atoms with Crippen molar-refractivity contribution in [2.45, 2.75) is 6.54 Å². The van der Waals surface area contributed by atoms with Gasteiger partial charge in [0.15, 0.2) is 0 Å². The maximum absolute atomic E-state index is 12.6. The van der Waals surface area contributed by atoms with Crippen LogP contribution < -0.4 is 10.1 Å². The summed E-state index contributed by atoms with van der Waals surface area (Å²) in [6.07, 6.45) is 1.49. The third kappa shape index (κ3) is 3.80. The minimum absolute atomic E-state index is 0.0629. The zero-order valence-corrected chi connectivity index (χ0v) is 15.5. The van der Waals surface area contributed by atoms with Crippen molar-refractivity contribution in [2.24, 2.45) is 0 Å². The van der Waals surface area contributed by atoms with Crippen LogP contribution in [0.1, 0.15) is 10.4 Å². The minimum atomic E-state index is -0.727. The Hall–Kier alpha value is -2.45. The molecule has 128 valence electrons. The fraction of sp³-hybridized carbons (Fsp3) is 0.118. The number of halogens is 1. The number of hydrogen-bond acceptors (Lipinski definition) is 5. The van der Waals surface area contributed by atoms with Gasteiger partial charge in [0.25, 0.3) is 11.8 Å². The van der Waals surface area contributed by atoms with E-state index >= 15 is 0 Å². The molecule has 1 aliphatic heterocycles. The number of carbonyl (C=O) groups is 3. The Labute approximate surface area is 156 Å². The summed E-state index contributed by atoms with van der Waals surface area (Å²) in [7, 11) is 1.56. The minimum Gasteiger partial charge on any atom is -0.497 e. The lowest BCUT2D eigenvalue weighted by Gasteiger charge is -2.26. The van der Waals surface area contributed by atoms with Crippen LogP contribution in [-0.2, 0) is 16.1 Å². The molecule has 0 unspecified atom stereocenters. The molecule has 1 fully saturated rings. The number of carbonyl (C=O) groups excluding carboxylic acids is 3. The summed E-state index contributed by atoms with van der Waals surface area (Å²) >= 11 is 4.72. The fourth-order valence-electron chi connectivity index (χ4n) is 2.30. The zero-order valence-electron chi connectivity index (χ0n) is 13.1. The number of hydrogen-bond donors (Lipinski definition) is 1. The smallest absolute Gasteiger partial charge is 0.331 e. The normalized spacial score (nSPS) is 16.3. The van der Waals surface area contributed by atoms with Crippen molar-refractivity contribution in [3.8, 4) is 5.75 Å². The second-order valence-corrected chi connectivity index (χ2v) is 7.69. The molecule has 1 aliphatic rings. The van der Waals surface area contributed by atoms with E-state index in [0.29, 0.717) is 5.75 Å².